The van der Waals surface area contributed by atoms with E-state index >= 15 is 0 Å². The maximum absolute atomic E-state index is 12.2. The van der Waals surface area contributed by atoms with Crippen LogP contribution in [0.5, 0.6) is 17.2 Å². The minimum atomic E-state index is -0.390. The van der Waals surface area contributed by atoms with Crippen LogP contribution < -0.4 is 14.2 Å². The second kappa shape index (κ2) is 7.08. The van der Waals surface area contributed by atoms with E-state index < -0.39 is 0 Å². The molecule has 5 nitrogen and oxygen atoms in total. The van der Waals surface area contributed by atoms with E-state index in [1.165, 1.54) is 0 Å². The molecule has 0 saturated carbocycles. The lowest BCUT2D eigenvalue weighted by Gasteiger charge is -2.19. The minimum Gasteiger partial charge on any atom is -0.497 e. The molecule has 0 bridgehead atoms. The zero-order valence-corrected chi connectivity index (χ0v) is 13.6. The van der Waals surface area contributed by atoms with Crippen LogP contribution in [0.25, 0.3) is 6.08 Å². The highest BCUT2D eigenvalue weighted by Crippen LogP contribution is 2.35. The molecule has 0 saturated heterocycles. The van der Waals surface area contributed by atoms with Crippen molar-refractivity contribution >= 4 is 12.0 Å². The third-order valence-corrected chi connectivity index (χ3v) is 3.72. The number of carbonyl (C=O) groups excluding carboxylic acids is 1. The van der Waals surface area contributed by atoms with Crippen molar-refractivity contribution in [2.75, 3.05) is 20.8 Å². The first-order valence-electron chi connectivity index (χ1n) is 7.51. The predicted octanol–water partition coefficient (Wildman–Crippen LogP) is 3.22. The van der Waals surface area contributed by atoms with Crippen LogP contribution in [0.1, 0.15) is 11.1 Å². The van der Waals surface area contributed by atoms with Crippen LogP contribution in [0.4, 0.5) is 0 Å². The van der Waals surface area contributed by atoms with Gasteiger partial charge in [0.2, 0.25) is 0 Å². The van der Waals surface area contributed by atoms with Gasteiger partial charge in [-0.1, -0.05) is 24.3 Å². The van der Waals surface area contributed by atoms with Crippen molar-refractivity contribution in [2.24, 2.45) is 0 Å². The van der Waals surface area contributed by atoms with E-state index in [0.29, 0.717) is 17.1 Å². The SMILES string of the molecule is COc1ccc(COC(=O)C2=Cc3cccc(OC)c3OC2)cc1. The lowest BCUT2D eigenvalue weighted by Crippen LogP contribution is -2.17. The summed E-state index contributed by atoms with van der Waals surface area (Å²) in [6, 6.07) is 12.9. The summed E-state index contributed by atoms with van der Waals surface area (Å²) in [6.45, 7) is 0.361. The predicted molar refractivity (Wildman–Crippen MR) is 89.3 cm³/mol. The largest absolute Gasteiger partial charge is 0.497 e. The fourth-order valence-corrected chi connectivity index (χ4v) is 2.42. The molecule has 0 amide bonds. The molecule has 0 aromatic heterocycles. The Balaban J connectivity index is 1.67. The molecule has 1 aliphatic rings. The van der Waals surface area contributed by atoms with Crippen molar-refractivity contribution in [1.82, 2.24) is 0 Å². The van der Waals surface area contributed by atoms with Gasteiger partial charge in [-0.25, -0.2) is 4.79 Å². The van der Waals surface area contributed by atoms with Crippen molar-refractivity contribution in [3.05, 3.63) is 59.2 Å². The summed E-state index contributed by atoms with van der Waals surface area (Å²) in [5, 5.41) is 0. The molecule has 24 heavy (non-hydrogen) atoms. The van der Waals surface area contributed by atoms with Gasteiger partial charge in [0.1, 0.15) is 19.0 Å². The standard InChI is InChI=1S/C19H18O5/c1-21-16-8-6-13(7-9-16)11-24-19(20)15-10-14-4-3-5-17(22-2)18(14)23-12-15/h3-10H,11-12H2,1-2H3. The number of hydrogen-bond donors (Lipinski definition) is 0. The first-order valence-corrected chi connectivity index (χ1v) is 7.51. The summed E-state index contributed by atoms with van der Waals surface area (Å²) in [5.41, 5.74) is 2.17. The van der Waals surface area contributed by atoms with Gasteiger partial charge in [0.25, 0.3) is 0 Å². The second-order valence-corrected chi connectivity index (χ2v) is 5.26. The Morgan fingerprint density at radius 3 is 2.58 bits per heavy atom. The van der Waals surface area contributed by atoms with E-state index in [2.05, 4.69) is 0 Å². The van der Waals surface area contributed by atoms with Crippen LogP contribution in [0.15, 0.2) is 48.0 Å². The van der Waals surface area contributed by atoms with Crippen LogP contribution >= 0.6 is 0 Å². The smallest absolute Gasteiger partial charge is 0.337 e. The third-order valence-electron chi connectivity index (χ3n) is 3.72. The quantitative estimate of drug-likeness (QED) is 0.790. The number of fused-ring (bicyclic) bond motifs is 1. The molecule has 2 aromatic rings. The molecule has 5 heteroatoms. The first-order chi connectivity index (χ1) is 11.7. The van der Waals surface area contributed by atoms with Gasteiger partial charge in [-0.05, 0) is 29.8 Å². The molecule has 0 radical (unpaired) electrons. The Hall–Kier alpha value is -2.95. The van der Waals surface area contributed by atoms with E-state index in [4.69, 9.17) is 18.9 Å². The number of ether oxygens (including phenoxy) is 4. The van der Waals surface area contributed by atoms with E-state index in [9.17, 15) is 4.79 Å². The van der Waals surface area contributed by atoms with Gasteiger partial charge in [-0.3, -0.25) is 0 Å². The van der Waals surface area contributed by atoms with Crippen LogP contribution in [-0.4, -0.2) is 26.8 Å². The summed E-state index contributed by atoms with van der Waals surface area (Å²) in [7, 11) is 3.19. The monoisotopic (exact) mass is 326 g/mol. The first kappa shape index (κ1) is 15.9. The van der Waals surface area contributed by atoms with Crippen LogP contribution in [0, 0.1) is 0 Å². The van der Waals surface area contributed by atoms with Gasteiger partial charge in [0.05, 0.1) is 19.8 Å². The summed E-state index contributed by atoms with van der Waals surface area (Å²) in [5.74, 6) is 1.67. The summed E-state index contributed by atoms with van der Waals surface area (Å²) < 4.78 is 21.4. The van der Waals surface area contributed by atoms with Crippen molar-refractivity contribution in [1.29, 1.82) is 0 Å². The van der Waals surface area contributed by atoms with Gasteiger partial charge in [0, 0.05) is 5.56 Å². The zero-order valence-electron chi connectivity index (χ0n) is 13.6. The molecule has 124 valence electrons. The van der Waals surface area contributed by atoms with Crippen LogP contribution in [0.2, 0.25) is 0 Å². The van der Waals surface area contributed by atoms with Crippen molar-refractivity contribution in [2.45, 2.75) is 6.61 Å². The molecule has 0 fully saturated rings. The highest BCUT2D eigenvalue weighted by molar-refractivity contribution is 5.95. The third kappa shape index (κ3) is 3.35. The molecule has 0 N–H and O–H groups in total. The van der Waals surface area contributed by atoms with Gasteiger partial charge in [-0.2, -0.15) is 0 Å². The Morgan fingerprint density at radius 2 is 1.88 bits per heavy atom. The Labute approximate surface area is 140 Å². The van der Waals surface area contributed by atoms with Gasteiger partial charge in [0.15, 0.2) is 11.5 Å². The van der Waals surface area contributed by atoms with Crippen molar-refractivity contribution < 1.29 is 23.7 Å². The summed E-state index contributed by atoms with van der Waals surface area (Å²) >= 11 is 0. The number of carbonyl (C=O) groups is 1. The number of methoxy groups -OCH3 is 2. The molecular weight excluding hydrogens is 308 g/mol. The maximum Gasteiger partial charge on any atom is 0.337 e. The van der Waals surface area contributed by atoms with E-state index in [1.807, 2.05) is 42.5 Å². The normalized spacial score (nSPS) is 12.5. The molecule has 0 atom stereocenters. The minimum absolute atomic E-state index is 0.162. The fourth-order valence-electron chi connectivity index (χ4n) is 2.42. The Morgan fingerprint density at radius 1 is 1.08 bits per heavy atom. The zero-order chi connectivity index (χ0) is 16.9. The lowest BCUT2D eigenvalue weighted by molar-refractivity contribution is -0.140. The molecule has 0 unspecified atom stereocenters. The second-order valence-electron chi connectivity index (χ2n) is 5.26. The molecular formula is C19H18O5. The average Bonchev–Trinajstić information content (AvgIpc) is 2.65. The van der Waals surface area contributed by atoms with E-state index in [-0.39, 0.29) is 19.2 Å². The number of esters is 1. The fraction of sp³-hybridized carbons (Fsp3) is 0.211. The van der Waals surface area contributed by atoms with E-state index in [1.54, 1.807) is 20.3 Å². The highest BCUT2D eigenvalue weighted by atomic mass is 16.5. The average molecular weight is 326 g/mol. The summed E-state index contributed by atoms with van der Waals surface area (Å²) in [4.78, 5) is 12.2. The van der Waals surface area contributed by atoms with E-state index in [0.717, 1.165) is 16.9 Å². The summed E-state index contributed by atoms with van der Waals surface area (Å²) in [6.07, 6.45) is 1.78. The number of hydrogen-bond acceptors (Lipinski definition) is 5. The van der Waals surface area contributed by atoms with Crippen molar-refractivity contribution in [3.63, 3.8) is 0 Å². The number of rotatable bonds is 5. The molecule has 3 rings (SSSR count). The number of benzene rings is 2. The topological polar surface area (TPSA) is 54.0 Å². The highest BCUT2D eigenvalue weighted by Gasteiger charge is 2.21. The van der Waals surface area contributed by atoms with Crippen LogP contribution in [-0.2, 0) is 16.1 Å². The number of para-hydroxylation sites is 1. The lowest BCUT2D eigenvalue weighted by atomic mass is 10.1. The molecule has 2 aromatic carbocycles. The van der Waals surface area contributed by atoms with Gasteiger partial charge < -0.3 is 18.9 Å². The molecule has 1 aliphatic heterocycles. The molecule has 0 aliphatic carbocycles. The van der Waals surface area contributed by atoms with Gasteiger partial charge in [-0.15, -0.1) is 0 Å². The maximum atomic E-state index is 12.2. The van der Waals surface area contributed by atoms with Gasteiger partial charge >= 0.3 is 5.97 Å². The van der Waals surface area contributed by atoms with Crippen LogP contribution in [0.3, 0.4) is 0 Å². The molecule has 0 spiro atoms. The Kier molecular flexibility index (Phi) is 4.70. The Bertz CT molecular complexity index is 762. The molecule has 1 heterocycles. The van der Waals surface area contributed by atoms with Crippen molar-refractivity contribution in [3.8, 4) is 17.2 Å².